The van der Waals surface area contributed by atoms with Crippen molar-refractivity contribution in [1.82, 2.24) is 10.2 Å². The van der Waals surface area contributed by atoms with Gasteiger partial charge in [0.1, 0.15) is 5.01 Å². The van der Waals surface area contributed by atoms with Crippen LogP contribution in [-0.4, -0.2) is 28.6 Å². The minimum Gasteiger partial charge on any atom is -0.312 e. The van der Waals surface area contributed by atoms with Crippen LogP contribution in [-0.2, 0) is 9.59 Å². The molecule has 1 aromatic heterocycles. The van der Waals surface area contributed by atoms with Gasteiger partial charge in [0.25, 0.3) is 0 Å². The summed E-state index contributed by atoms with van der Waals surface area (Å²) < 4.78 is 0. The zero-order valence-electron chi connectivity index (χ0n) is 12.4. The normalized spacial score (nSPS) is 17.8. The monoisotopic (exact) mass is 316 g/mol. The summed E-state index contributed by atoms with van der Waals surface area (Å²) in [5.41, 5.74) is 1.97. The fourth-order valence-corrected chi connectivity index (χ4v) is 3.01. The van der Waals surface area contributed by atoms with Crippen LogP contribution in [0, 0.1) is 19.8 Å². The second kappa shape index (κ2) is 5.84. The molecule has 1 aliphatic rings. The van der Waals surface area contributed by atoms with E-state index < -0.39 is 0 Å². The summed E-state index contributed by atoms with van der Waals surface area (Å²) in [7, 11) is 0. The number of benzene rings is 1. The predicted octanol–water partition coefficient (Wildman–Crippen LogP) is 2.15. The summed E-state index contributed by atoms with van der Waals surface area (Å²) in [4.78, 5) is 26.1. The third-order valence-corrected chi connectivity index (χ3v) is 4.35. The van der Waals surface area contributed by atoms with Crippen LogP contribution in [0.3, 0.4) is 0 Å². The van der Waals surface area contributed by atoms with Gasteiger partial charge < -0.3 is 10.2 Å². The van der Waals surface area contributed by atoms with Gasteiger partial charge in [0, 0.05) is 18.7 Å². The summed E-state index contributed by atoms with van der Waals surface area (Å²) in [6, 6.07) is 7.73. The molecule has 2 aromatic rings. The van der Waals surface area contributed by atoms with Crippen LogP contribution in [0.4, 0.5) is 10.8 Å². The second-order valence-corrected chi connectivity index (χ2v) is 6.54. The minimum absolute atomic E-state index is 0.0301. The Balaban J connectivity index is 1.68. The highest BCUT2D eigenvalue weighted by Gasteiger charge is 2.35. The molecule has 0 saturated carbocycles. The number of hydrogen-bond acceptors (Lipinski definition) is 5. The van der Waals surface area contributed by atoms with E-state index >= 15 is 0 Å². The highest BCUT2D eigenvalue weighted by molar-refractivity contribution is 7.15. The van der Waals surface area contributed by atoms with Crippen LogP contribution in [0.1, 0.15) is 17.0 Å². The zero-order chi connectivity index (χ0) is 15.7. The molecule has 1 saturated heterocycles. The largest absolute Gasteiger partial charge is 0.312 e. The summed E-state index contributed by atoms with van der Waals surface area (Å²) in [6.07, 6.45) is 0.220. The van der Waals surface area contributed by atoms with E-state index in [1.807, 2.05) is 38.1 Å². The first-order chi connectivity index (χ1) is 10.5. The molecule has 1 aromatic carbocycles. The molecule has 2 amide bonds. The summed E-state index contributed by atoms with van der Waals surface area (Å²) in [6.45, 7) is 4.22. The number of aromatic nitrogens is 2. The van der Waals surface area contributed by atoms with Crippen molar-refractivity contribution < 1.29 is 9.59 Å². The lowest BCUT2D eigenvalue weighted by molar-refractivity contribution is -0.122. The van der Waals surface area contributed by atoms with Crippen LogP contribution >= 0.6 is 11.3 Å². The molecule has 1 N–H and O–H groups in total. The second-order valence-electron chi connectivity index (χ2n) is 5.36. The molecule has 6 nitrogen and oxygen atoms in total. The average Bonchev–Trinajstić information content (AvgIpc) is 3.06. The summed E-state index contributed by atoms with van der Waals surface area (Å²) >= 11 is 1.32. The molecule has 0 bridgehead atoms. The van der Waals surface area contributed by atoms with Gasteiger partial charge in [-0.3, -0.25) is 9.59 Å². The van der Waals surface area contributed by atoms with Crippen LogP contribution in [0.15, 0.2) is 24.3 Å². The number of aryl methyl sites for hydroxylation is 2. The Morgan fingerprint density at radius 1 is 1.27 bits per heavy atom. The van der Waals surface area contributed by atoms with Crippen LogP contribution in [0.2, 0.25) is 0 Å². The molecule has 1 atom stereocenters. The first-order valence-electron chi connectivity index (χ1n) is 7.01. The van der Waals surface area contributed by atoms with Crippen molar-refractivity contribution in [2.45, 2.75) is 20.3 Å². The number of carbonyl (C=O) groups is 2. The number of rotatable bonds is 3. The number of hydrogen-bond donors (Lipinski definition) is 1. The van der Waals surface area contributed by atoms with Crippen LogP contribution in [0.25, 0.3) is 0 Å². The molecule has 22 heavy (non-hydrogen) atoms. The van der Waals surface area contributed by atoms with Gasteiger partial charge in [0.15, 0.2) is 0 Å². The lowest BCUT2D eigenvalue weighted by atomic mass is 10.1. The van der Waals surface area contributed by atoms with Gasteiger partial charge in [0.05, 0.1) is 5.92 Å². The maximum Gasteiger partial charge on any atom is 0.231 e. The predicted molar refractivity (Wildman–Crippen MR) is 84.9 cm³/mol. The smallest absolute Gasteiger partial charge is 0.231 e. The third kappa shape index (κ3) is 2.99. The first kappa shape index (κ1) is 14.6. The van der Waals surface area contributed by atoms with E-state index in [2.05, 4.69) is 15.5 Å². The highest BCUT2D eigenvalue weighted by Crippen LogP contribution is 2.26. The van der Waals surface area contributed by atoms with Crippen molar-refractivity contribution in [2.75, 3.05) is 16.8 Å². The Labute approximate surface area is 132 Å². The van der Waals surface area contributed by atoms with Crippen LogP contribution < -0.4 is 10.2 Å². The zero-order valence-corrected chi connectivity index (χ0v) is 13.2. The summed E-state index contributed by atoms with van der Waals surface area (Å²) in [5.74, 6) is -0.574. The molecule has 3 rings (SSSR count). The van der Waals surface area contributed by atoms with Gasteiger partial charge in [-0.2, -0.15) is 0 Å². The number of carbonyl (C=O) groups excluding carboxylic acids is 2. The van der Waals surface area contributed by atoms with Gasteiger partial charge in [0.2, 0.25) is 16.9 Å². The minimum atomic E-state index is -0.363. The molecular formula is C15H16N4O2S. The molecule has 0 spiro atoms. The van der Waals surface area contributed by atoms with Gasteiger partial charge in [-0.1, -0.05) is 29.0 Å². The Morgan fingerprint density at radius 3 is 2.64 bits per heavy atom. The van der Waals surface area contributed by atoms with E-state index in [0.717, 1.165) is 16.3 Å². The Morgan fingerprint density at radius 2 is 2.00 bits per heavy atom. The summed E-state index contributed by atoms with van der Waals surface area (Å²) in [5, 5.41) is 11.7. The molecule has 0 aliphatic carbocycles. The Kier molecular flexibility index (Phi) is 3.89. The lowest BCUT2D eigenvalue weighted by Crippen LogP contribution is -2.28. The van der Waals surface area contributed by atoms with Gasteiger partial charge >= 0.3 is 0 Å². The van der Waals surface area contributed by atoms with Crippen molar-refractivity contribution in [2.24, 2.45) is 5.92 Å². The molecule has 1 aliphatic heterocycles. The van der Waals surface area contributed by atoms with Crippen molar-refractivity contribution in [3.8, 4) is 0 Å². The quantitative estimate of drug-likeness (QED) is 0.941. The van der Waals surface area contributed by atoms with Crippen molar-refractivity contribution in [1.29, 1.82) is 0 Å². The molecule has 7 heteroatoms. The topological polar surface area (TPSA) is 75.2 Å². The van der Waals surface area contributed by atoms with Crippen molar-refractivity contribution in [3.63, 3.8) is 0 Å². The standard InChI is InChI=1S/C15H16N4O2S/c1-9-3-5-12(6-4-9)19-8-11(7-13(19)20)14(21)16-15-18-17-10(2)22-15/h3-6,11H,7-8H2,1-2H3,(H,16,18,21)/t11-/m0/s1. The fourth-order valence-electron chi connectivity index (χ4n) is 2.41. The Hall–Kier alpha value is -2.28. The average molecular weight is 316 g/mol. The molecule has 114 valence electrons. The number of amides is 2. The third-order valence-electron chi connectivity index (χ3n) is 3.60. The lowest BCUT2D eigenvalue weighted by Gasteiger charge is -2.16. The van der Waals surface area contributed by atoms with E-state index in [1.54, 1.807) is 4.90 Å². The molecule has 0 radical (unpaired) electrons. The fraction of sp³-hybridized carbons (Fsp3) is 0.333. The van der Waals surface area contributed by atoms with E-state index in [-0.39, 0.29) is 24.2 Å². The molecule has 0 unspecified atom stereocenters. The van der Waals surface area contributed by atoms with Gasteiger partial charge in [-0.15, -0.1) is 10.2 Å². The molecule has 1 fully saturated rings. The molecular weight excluding hydrogens is 300 g/mol. The van der Waals surface area contributed by atoms with Crippen LogP contribution in [0.5, 0.6) is 0 Å². The SMILES string of the molecule is Cc1ccc(N2C[C@@H](C(=O)Nc3nnc(C)s3)CC2=O)cc1. The van der Waals surface area contributed by atoms with Crippen molar-refractivity contribution in [3.05, 3.63) is 34.8 Å². The van der Waals surface area contributed by atoms with E-state index in [0.29, 0.717) is 11.7 Å². The van der Waals surface area contributed by atoms with Gasteiger partial charge in [-0.05, 0) is 26.0 Å². The molecule has 2 heterocycles. The van der Waals surface area contributed by atoms with Gasteiger partial charge in [-0.25, -0.2) is 0 Å². The van der Waals surface area contributed by atoms with E-state index in [9.17, 15) is 9.59 Å². The first-order valence-corrected chi connectivity index (χ1v) is 7.82. The maximum atomic E-state index is 12.2. The number of nitrogens with one attached hydrogen (secondary N) is 1. The van der Waals surface area contributed by atoms with E-state index in [1.165, 1.54) is 11.3 Å². The van der Waals surface area contributed by atoms with Crippen molar-refractivity contribution >= 4 is 34.0 Å². The highest BCUT2D eigenvalue weighted by atomic mass is 32.1. The number of anilines is 2. The Bertz CT molecular complexity index is 711. The maximum absolute atomic E-state index is 12.2. The number of nitrogens with zero attached hydrogens (tertiary/aromatic N) is 3. The van der Waals surface area contributed by atoms with E-state index in [4.69, 9.17) is 0 Å².